The van der Waals surface area contributed by atoms with E-state index in [2.05, 4.69) is 61.2 Å². The summed E-state index contributed by atoms with van der Waals surface area (Å²) in [6, 6.07) is 15.0. The van der Waals surface area contributed by atoms with Gasteiger partial charge in [-0.3, -0.25) is 0 Å². The number of aliphatic hydroxyl groups excluding tert-OH is 1. The Labute approximate surface area is 133 Å². The van der Waals surface area contributed by atoms with Crippen LogP contribution in [0.2, 0.25) is 0 Å². The molecule has 1 unspecified atom stereocenters. The van der Waals surface area contributed by atoms with Crippen LogP contribution in [0.4, 0.5) is 5.69 Å². The van der Waals surface area contributed by atoms with Crippen LogP contribution in [0.3, 0.4) is 0 Å². The summed E-state index contributed by atoms with van der Waals surface area (Å²) < 4.78 is 0. The molecule has 2 aromatic rings. The number of hydrogen-bond acceptors (Lipinski definition) is 2. The number of nitrogens with zero attached hydrogens (tertiary/aromatic N) is 1. The molecule has 116 valence electrons. The average Bonchev–Trinajstić information content (AvgIpc) is 2.52. The van der Waals surface area contributed by atoms with Gasteiger partial charge in [0.25, 0.3) is 0 Å². The second kappa shape index (κ2) is 6.53. The Morgan fingerprint density at radius 1 is 1.14 bits per heavy atom. The van der Waals surface area contributed by atoms with Crippen molar-refractivity contribution in [2.45, 2.75) is 39.2 Å². The van der Waals surface area contributed by atoms with Gasteiger partial charge in [0.05, 0.1) is 6.10 Å². The molecule has 0 radical (unpaired) electrons. The number of fused-ring (bicyclic) bond motifs is 1. The Bertz CT molecular complexity index is 650. The monoisotopic (exact) mass is 295 g/mol. The fourth-order valence-electron chi connectivity index (χ4n) is 3.48. The maximum Gasteiger partial charge on any atom is 0.0809 e. The molecule has 3 rings (SSSR count). The van der Waals surface area contributed by atoms with Crippen molar-refractivity contribution < 1.29 is 5.11 Å². The highest BCUT2D eigenvalue weighted by molar-refractivity contribution is 5.55. The molecule has 0 saturated heterocycles. The van der Waals surface area contributed by atoms with Crippen molar-refractivity contribution in [3.63, 3.8) is 0 Å². The SMILES string of the molecule is Cc1ccc(C(O)CCN2CCCc3ccccc32)c(C)c1. The van der Waals surface area contributed by atoms with Gasteiger partial charge in [0.2, 0.25) is 0 Å². The number of aliphatic hydroxyl groups is 1. The predicted octanol–water partition coefficient (Wildman–Crippen LogP) is 4.18. The van der Waals surface area contributed by atoms with Crippen LogP contribution in [0.25, 0.3) is 0 Å². The number of hydrogen-bond donors (Lipinski definition) is 1. The lowest BCUT2D eigenvalue weighted by Gasteiger charge is -2.32. The summed E-state index contributed by atoms with van der Waals surface area (Å²) >= 11 is 0. The van der Waals surface area contributed by atoms with Crippen molar-refractivity contribution in [3.8, 4) is 0 Å². The van der Waals surface area contributed by atoms with Crippen LogP contribution in [0.5, 0.6) is 0 Å². The summed E-state index contributed by atoms with van der Waals surface area (Å²) in [4.78, 5) is 2.42. The molecular formula is C20H25NO. The molecule has 1 atom stereocenters. The molecule has 0 aromatic heterocycles. The van der Waals surface area contributed by atoms with Gasteiger partial charge >= 0.3 is 0 Å². The lowest BCUT2D eigenvalue weighted by atomic mass is 9.98. The predicted molar refractivity (Wildman–Crippen MR) is 92.5 cm³/mol. The number of anilines is 1. The molecule has 22 heavy (non-hydrogen) atoms. The normalized spacial score (nSPS) is 15.5. The molecule has 0 amide bonds. The van der Waals surface area contributed by atoms with Crippen LogP contribution in [0, 0.1) is 13.8 Å². The minimum atomic E-state index is -0.380. The van der Waals surface area contributed by atoms with Gasteiger partial charge in [0.15, 0.2) is 0 Å². The molecule has 1 aliphatic heterocycles. The van der Waals surface area contributed by atoms with E-state index in [1.807, 2.05) is 0 Å². The Kier molecular flexibility index (Phi) is 4.49. The number of aryl methyl sites for hydroxylation is 3. The van der Waals surface area contributed by atoms with Gasteiger partial charge in [-0.05, 0) is 55.9 Å². The van der Waals surface area contributed by atoms with Crippen LogP contribution >= 0.6 is 0 Å². The van der Waals surface area contributed by atoms with Gasteiger partial charge in [0.1, 0.15) is 0 Å². The Balaban J connectivity index is 1.68. The molecule has 0 fully saturated rings. The summed E-state index contributed by atoms with van der Waals surface area (Å²) in [5, 5.41) is 10.5. The van der Waals surface area contributed by atoms with Crippen molar-refractivity contribution in [3.05, 3.63) is 64.7 Å². The van der Waals surface area contributed by atoms with E-state index in [9.17, 15) is 5.11 Å². The molecule has 2 heteroatoms. The zero-order chi connectivity index (χ0) is 15.5. The van der Waals surface area contributed by atoms with Crippen LogP contribution < -0.4 is 4.90 Å². The van der Waals surface area contributed by atoms with Crippen LogP contribution in [-0.4, -0.2) is 18.2 Å². The summed E-state index contributed by atoms with van der Waals surface area (Å²) in [6.07, 6.45) is 2.77. The second-order valence-corrected chi connectivity index (χ2v) is 6.38. The van der Waals surface area contributed by atoms with Crippen LogP contribution in [0.15, 0.2) is 42.5 Å². The van der Waals surface area contributed by atoms with Gasteiger partial charge in [0, 0.05) is 18.8 Å². The third-order valence-electron chi connectivity index (χ3n) is 4.66. The quantitative estimate of drug-likeness (QED) is 0.914. The first-order chi connectivity index (χ1) is 10.6. The van der Waals surface area contributed by atoms with Gasteiger partial charge < -0.3 is 10.0 Å². The van der Waals surface area contributed by atoms with Crippen molar-refractivity contribution in [2.75, 3.05) is 18.0 Å². The second-order valence-electron chi connectivity index (χ2n) is 6.38. The average molecular weight is 295 g/mol. The van der Waals surface area contributed by atoms with Gasteiger partial charge in [-0.15, -0.1) is 0 Å². The van der Waals surface area contributed by atoms with E-state index in [-0.39, 0.29) is 6.10 Å². The largest absolute Gasteiger partial charge is 0.388 e. The van der Waals surface area contributed by atoms with E-state index < -0.39 is 0 Å². The maximum atomic E-state index is 10.5. The van der Waals surface area contributed by atoms with E-state index >= 15 is 0 Å². The van der Waals surface area contributed by atoms with Crippen molar-refractivity contribution in [1.82, 2.24) is 0 Å². The minimum absolute atomic E-state index is 0.380. The molecular weight excluding hydrogens is 270 g/mol. The van der Waals surface area contributed by atoms with E-state index in [4.69, 9.17) is 0 Å². The first-order valence-electron chi connectivity index (χ1n) is 8.23. The number of benzene rings is 2. The first kappa shape index (κ1) is 15.1. The maximum absolute atomic E-state index is 10.5. The highest BCUT2D eigenvalue weighted by Gasteiger charge is 2.18. The van der Waals surface area contributed by atoms with Gasteiger partial charge in [-0.1, -0.05) is 42.0 Å². The van der Waals surface area contributed by atoms with E-state index in [1.165, 1.54) is 35.2 Å². The molecule has 1 heterocycles. The Hall–Kier alpha value is -1.80. The molecule has 2 aromatic carbocycles. The topological polar surface area (TPSA) is 23.5 Å². The van der Waals surface area contributed by atoms with Gasteiger partial charge in [-0.25, -0.2) is 0 Å². The van der Waals surface area contributed by atoms with Crippen molar-refractivity contribution in [1.29, 1.82) is 0 Å². The molecule has 0 bridgehead atoms. The van der Waals surface area contributed by atoms with Crippen molar-refractivity contribution in [2.24, 2.45) is 0 Å². The highest BCUT2D eigenvalue weighted by atomic mass is 16.3. The third kappa shape index (κ3) is 3.17. The first-order valence-corrected chi connectivity index (χ1v) is 8.23. The van der Waals surface area contributed by atoms with E-state index in [0.29, 0.717) is 0 Å². The van der Waals surface area contributed by atoms with Crippen LogP contribution in [-0.2, 0) is 6.42 Å². The molecule has 2 nitrogen and oxygen atoms in total. The molecule has 1 aliphatic rings. The van der Waals surface area contributed by atoms with Crippen LogP contribution in [0.1, 0.15) is 41.2 Å². The van der Waals surface area contributed by atoms with Crippen molar-refractivity contribution >= 4 is 5.69 Å². The fraction of sp³-hybridized carbons (Fsp3) is 0.400. The van der Waals surface area contributed by atoms with E-state index in [0.717, 1.165) is 25.1 Å². The highest BCUT2D eigenvalue weighted by Crippen LogP contribution is 2.28. The number of para-hydroxylation sites is 1. The zero-order valence-corrected chi connectivity index (χ0v) is 13.5. The lowest BCUT2D eigenvalue weighted by molar-refractivity contribution is 0.168. The Morgan fingerprint density at radius 2 is 1.95 bits per heavy atom. The molecule has 0 saturated carbocycles. The third-order valence-corrected chi connectivity index (χ3v) is 4.66. The summed E-state index contributed by atoms with van der Waals surface area (Å²) in [5.41, 5.74) is 6.29. The van der Waals surface area contributed by atoms with E-state index in [1.54, 1.807) is 0 Å². The zero-order valence-electron chi connectivity index (χ0n) is 13.5. The number of rotatable bonds is 4. The molecule has 0 spiro atoms. The summed E-state index contributed by atoms with van der Waals surface area (Å²) in [5.74, 6) is 0. The summed E-state index contributed by atoms with van der Waals surface area (Å²) in [7, 11) is 0. The summed E-state index contributed by atoms with van der Waals surface area (Å²) in [6.45, 7) is 6.18. The standard InChI is InChI=1S/C20H25NO/c1-15-9-10-18(16(2)14-15)20(22)11-13-21-12-5-7-17-6-3-4-8-19(17)21/h3-4,6,8-10,14,20,22H,5,7,11-13H2,1-2H3. The lowest BCUT2D eigenvalue weighted by Crippen LogP contribution is -2.31. The smallest absolute Gasteiger partial charge is 0.0809 e. The fourth-order valence-corrected chi connectivity index (χ4v) is 3.48. The Morgan fingerprint density at radius 3 is 2.77 bits per heavy atom. The molecule has 1 N–H and O–H groups in total. The van der Waals surface area contributed by atoms with Gasteiger partial charge in [-0.2, -0.15) is 0 Å². The minimum Gasteiger partial charge on any atom is -0.388 e. The molecule has 0 aliphatic carbocycles.